The van der Waals surface area contributed by atoms with Crippen LogP contribution in [0.4, 0.5) is 5.13 Å². The van der Waals surface area contributed by atoms with Crippen LogP contribution in [0.25, 0.3) is 11.5 Å². The number of aromatic nitrogens is 3. The van der Waals surface area contributed by atoms with Gasteiger partial charge in [0.15, 0.2) is 11.2 Å². The van der Waals surface area contributed by atoms with E-state index in [1.54, 1.807) is 67.5 Å². The number of hydrogen-bond acceptors (Lipinski definition) is 9. The Bertz CT molecular complexity index is 1410. The lowest BCUT2D eigenvalue weighted by Crippen LogP contribution is -2.29. The Hall–Kier alpha value is -4.25. The third-order valence-corrected chi connectivity index (χ3v) is 6.33. The van der Waals surface area contributed by atoms with E-state index in [4.69, 9.17) is 13.9 Å². The lowest BCUT2D eigenvalue weighted by atomic mass is 10.1. The van der Waals surface area contributed by atoms with Gasteiger partial charge in [0, 0.05) is 55.2 Å². The molecule has 0 bridgehead atoms. The van der Waals surface area contributed by atoms with E-state index in [2.05, 4.69) is 20.5 Å². The number of hydrogen-bond donors (Lipinski definition) is 1. The summed E-state index contributed by atoms with van der Waals surface area (Å²) >= 11 is 1.38. The number of nitrogens with one attached hydrogen (secondary N) is 1. The Morgan fingerprint density at radius 2 is 1.89 bits per heavy atom. The minimum Gasteiger partial charge on any atom is -0.480 e. The number of likely N-dealkylation sites (N-methyl/N-ethyl adjacent to an activating group) is 1. The molecule has 0 spiro atoms. The normalized spacial score (nSPS) is 15.2. The fourth-order valence-corrected chi connectivity index (χ4v) is 4.35. The first-order chi connectivity index (χ1) is 17.3. The Kier molecular flexibility index (Phi) is 6.38. The van der Waals surface area contributed by atoms with Gasteiger partial charge in [-0.1, -0.05) is 0 Å². The predicted octanol–water partition coefficient (Wildman–Crippen LogP) is 4.46. The fraction of sp³-hybridized carbons (Fsp3) is 0.240. The molecule has 0 saturated carbocycles. The molecule has 1 aliphatic rings. The van der Waals surface area contributed by atoms with Crippen LogP contribution in [-0.2, 0) is 4.79 Å². The van der Waals surface area contributed by atoms with Gasteiger partial charge in [-0.15, -0.1) is 21.5 Å². The van der Waals surface area contributed by atoms with Crippen molar-refractivity contribution in [2.75, 3.05) is 18.9 Å². The van der Waals surface area contributed by atoms with Crippen molar-refractivity contribution in [3.63, 3.8) is 0 Å². The summed E-state index contributed by atoms with van der Waals surface area (Å²) in [7, 11) is 1.74. The minimum absolute atomic E-state index is 0.0996. The van der Waals surface area contributed by atoms with E-state index >= 15 is 0 Å². The van der Waals surface area contributed by atoms with E-state index in [9.17, 15) is 9.59 Å². The molecule has 3 heterocycles. The van der Waals surface area contributed by atoms with E-state index in [1.165, 1.54) is 11.3 Å². The summed E-state index contributed by atoms with van der Waals surface area (Å²) in [6.45, 7) is 4.25. The zero-order valence-electron chi connectivity index (χ0n) is 19.8. The average molecular weight is 506 g/mol. The zero-order valence-corrected chi connectivity index (χ0v) is 20.7. The molecule has 0 radical (unpaired) electrons. The molecule has 1 N–H and O–H groups in total. The Morgan fingerprint density at radius 1 is 1.11 bits per heavy atom. The van der Waals surface area contributed by atoms with E-state index in [-0.39, 0.29) is 11.8 Å². The smallest absolute Gasteiger partial charge is 0.263 e. The summed E-state index contributed by atoms with van der Waals surface area (Å²) < 4.78 is 17.5. The first-order valence-electron chi connectivity index (χ1n) is 11.2. The molecule has 5 rings (SSSR count). The maximum atomic E-state index is 13.0. The molecule has 1 aliphatic heterocycles. The van der Waals surface area contributed by atoms with Gasteiger partial charge >= 0.3 is 0 Å². The van der Waals surface area contributed by atoms with Gasteiger partial charge in [-0.3, -0.25) is 14.9 Å². The number of aryl methyl sites for hydroxylation is 2. The molecule has 10 nitrogen and oxygen atoms in total. The van der Waals surface area contributed by atoms with Gasteiger partial charge in [-0.25, -0.2) is 4.98 Å². The highest BCUT2D eigenvalue weighted by atomic mass is 32.1. The van der Waals surface area contributed by atoms with E-state index in [1.807, 2.05) is 6.92 Å². The molecule has 2 aromatic heterocycles. The van der Waals surface area contributed by atoms with Crippen LogP contribution < -0.4 is 14.8 Å². The van der Waals surface area contributed by atoms with Crippen molar-refractivity contribution in [3.8, 4) is 28.7 Å². The Labute approximate surface area is 210 Å². The maximum absolute atomic E-state index is 13.0. The summed E-state index contributed by atoms with van der Waals surface area (Å²) in [6.07, 6.45) is 1.65. The second kappa shape index (κ2) is 9.78. The highest BCUT2D eigenvalue weighted by Gasteiger charge is 2.31. The molecule has 36 heavy (non-hydrogen) atoms. The number of likely N-dealkylation sites (tertiary alicyclic amines) is 1. The van der Waals surface area contributed by atoms with Gasteiger partial charge in [-0.2, -0.15) is 0 Å². The molecule has 1 unspecified atom stereocenters. The van der Waals surface area contributed by atoms with E-state index < -0.39 is 6.10 Å². The molecule has 4 aromatic rings. The molecule has 2 aromatic carbocycles. The minimum atomic E-state index is -0.611. The van der Waals surface area contributed by atoms with Crippen molar-refractivity contribution in [2.45, 2.75) is 26.4 Å². The quantitative estimate of drug-likeness (QED) is 0.391. The number of benzene rings is 2. The molecule has 184 valence electrons. The highest BCUT2D eigenvalue weighted by Crippen LogP contribution is 2.31. The maximum Gasteiger partial charge on any atom is 0.263 e. The molecule has 1 fully saturated rings. The Balaban J connectivity index is 1.40. The van der Waals surface area contributed by atoms with Crippen molar-refractivity contribution in [2.24, 2.45) is 0 Å². The van der Waals surface area contributed by atoms with Crippen LogP contribution in [-0.4, -0.2) is 51.6 Å². The monoisotopic (exact) mass is 505 g/mol. The van der Waals surface area contributed by atoms with Gasteiger partial charge in [-0.05, 0) is 43.3 Å². The first kappa shape index (κ1) is 23.5. The van der Waals surface area contributed by atoms with Crippen LogP contribution in [0.1, 0.15) is 27.5 Å². The number of rotatable bonds is 7. The molecule has 11 heteroatoms. The highest BCUT2D eigenvalue weighted by molar-refractivity contribution is 7.15. The Morgan fingerprint density at radius 3 is 2.53 bits per heavy atom. The molecule has 1 atom stereocenters. The van der Waals surface area contributed by atoms with Gasteiger partial charge in [0.1, 0.15) is 17.2 Å². The predicted molar refractivity (Wildman–Crippen MR) is 132 cm³/mol. The summed E-state index contributed by atoms with van der Waals surface area (Å²) in [5, 5.41) is 11.1. The van der Waals surface area contributed by atoms with Crippen molar-refractivity contribution in [3.05, 3.63) is 65.0 Å². The fourth-order valence-electron chi connectivity index (χ4n) is 3.69. The van der Waals surface area contributed by atoms with Gasteiger partial charge in [0.2, 0.25) is 11.8 Å². The molecule has 1 saturated heterocycles. The lowest BCUT2D eigenvalue weighted by molar-refractivity contribution is -0.132. The van der Waals surface area contributed by atoms with Crippen molar-refractivity contribution in [1.29, 1.82) is 0 Å². The SMILES string of the molecule is Cc1nnc(-c2ccc(Oc3cc(OC4CCN(C)C4=O)cc(C(=O)Nc4ncc(C)s4)c3)cc2)o1. The number of carbonyl (C=O) groups excluding carboxylic acids is 2. The largest absolute Gasteiger partial charge is 0.480 e. The number of amides is 2. The first-order valence-corrected chi connectivity index (χ1v) is 12.0. The number of thiazole rings is 1. The summed E-state index contributed by atoms with van der Waals surface area (Å²) in [5.41, 5.74) is 1.06. The zero-order chi connectivity index (χ0) is 25.2. The van der Waals surface area contributed by atoms with Crippen molar-refractivity contribution < 1.29 is 23.5 Å². The molecular weight excluding hydrogens is 482 g/mol. The topological polar surface area (TPSA) is 120 Å². The van der Waals surface area contributed by atoms with E-state index in [0.717, 1.165) is 10.4 Å². The molecule has 2 amide bonds. The van der Waals surface area contributed by atoms with Crippen LogP contribution in [0.15, 0.2) is 53.1 Å². The van der Waals surface area contributed by atoms with Crippen LogP contribution in [0.5, 0.6) is 17.2 Å². The van der Waals surface area contributed by atoms with Gasteiger partial charge in [0.05, 0.1) is 0 Å². The summed E-state index contributed by atoms with van der Waals surface area (Å²) in [4.78, 5) is 32.1. The van der Waals surface area contributed by atoms with Crippen LogP contribution in [0.2, 0.25) is 0 Å². The van der Waals surface area contributed by atoms with E-state index in [0.29, 0.717) is 52.7 Å². The van der Waals surface area contributed by atoms with Crippen LogP contribution >= 0.6 is 11.3 Å². The molecule has 0 aliphatic carbocycles. The van der Waals surface area contributed by atoms with Crippen LogP contribution in [0.3, 0.4) is 0 Å². The second-order valence-electron chi connectivity index (χ2n) is 8.33. The van der Waals surface area contributed by atoms with Gasteiger partial charge < -0.3 is 18.8 Å². The van der Waals surface area contributed by atoms with Crippen molar-refractivity contribution >= 4 is 28.3 Å². The standard InChI is InChI=1S/C25H23N5O5S/c1-14-13-26-25(36-14)27-22(31)17-10-19(12-20(11-17)35-21-8-9-30(3)24(21)32)34-18-6-4-16(5-7-18)23-29-28-15(2)33-23/h4-7,10-13,21H,8-9H2,1-3H3,(H,26,27,31). The summed E-state index contributed by atoms with van der Waals surface area (Å²) in [5.74, 6) is 1.71. The number of nitrogens with zero attached hydrogens (tertiary/aromatic N) is 4. The lowest BCUT2D eigenvalue weighted by Gasteiger charge is -2.15. The third-order valence-electron chi connectivity index (χ3n) is 5.50. The summed E-state index contributed by atoms with van der Waals surface area (Å²) in [6, 6.07) is 12.0. The van der Waals surface area contributed by atoms with Crippen molar-refractivity contribution in [1.82, 2.24) is 20.1 Å². The third kappa shape index (κ3) is 5.20. The van der Waals surface area contributed by atoms with Gasteiger partial charge in [0.25, 0.3) is 11.8 Å². The number of ether oxygens (including phenoxy) is 2. The molecular formula is C25H23N5O5S. The number of anilines is 1. The van der Waals surface area contributed by atoms with Crippen LogP contribution in [0, 0.1) is 13.8 Å². The second-order valence-corrected chi connectivity index (χ2v) is 9.57. The number of carbonyl (C=O) groups is 2. The average Bonchev–Trinajstić information content (AvgIpc) is 3.56.